The average molecular weight is 359 g/mol. The Balaban J connectivity index is 1.67. The van der Waals surface area contributed by atoms with Crippen LogP contribution in [0.4, 0.5) is 4.39 Å². The van der Waals surface area contributed by atoms with Gasteiger partial charge >= 0.3 is 0 Å². The highest BCUT2D eigenvalue weighted by Gasteiger charge is 2.24. The molecular formula is C19H26FN5O. The topological polar surface area (TPSA) is 63.1 Å². The standard InChI is InChI=1S/C19H26FN5O/c1-24(2)18(14-8-10-15(20)11-9-14)19(26)21-12-17-23-22-13-25(17)16-6-4-3-5-7-16/h8-11,13,16,18H,3-7,12H2,1-2H3,(H,21,26)/t18-/m1/s1. The molecule has 1 amide bonds. The summed E-state index contributed by atoms with van der Waals surface area (Å²) < 4.78 is 15.3. The van der Waals surface area contributed by atoms with Gasteiger partial charge in [-0.15, -0.1) is 10.2 Å². The number of halogens is 1. The van der Waals surface area contributed by atoms with E-state index in [4.69, 9.17) is 0 Å². The quantitative estimate of drug-likeness (QED) is 0.861. The summed E-state index contributed by atoms with van der Waals surface area (Å²) in [7, 11) is 3.66. The fourth-order valence-electron chi connectivity index (χ4n) is 3.65. The Morgan fingerprint density at radius 1 is 1.27 bits per heavy atom. The van der Waals surface area contributed by atoms with Crippen molar-refractivity contribution < 1.29 is 9.18 Å². The van der Waals surface area contributed by atoms with Crippen molar-refractivity contribution in [3.63, 3.8) is 0 Å². The maximum absolute atomic E-state index is 13.2. The van der Waals surface area contributed by atoms with E-state index in [2.05, 4.69) is 20.1 Å². The number of nitrogens with zero attached hydrogens (tertiary/aromatic N) is 4. The minimum atomic E-state index is -0.485. The van der Waals surface area contributed by atoms with E-state index in [0.717, 1.165) is 24.2 Å². The summed E-state index contributed by atoms with van der Waals surface area (Å²) in [5.41, 5.74) is 0.752. The maximum atomic E-state index is 13.2. The van der Waals surface area contributed by atoms with Crippen LogP contribution in [0.1, 0.15) is 55.6 Å². The lowest BCUT2D eigenvalue weighted by Crippen LogP contribution is -2.37. The van der Waals surface area contributed by atoms with Crippen LogP contribution in [0, 0.1) is 5.82 Å². The Bertz CT molecular complexity index is 722. The van der Waals surface area contributed by atoms with Gasteiger partial charge < -0.3 is 9.88 Å². The van der Waals surface area contributed by atoms with Crippen LogP contribution in [-0.4, -0.2) is 39.7 Å². The molecule has 26 heavy (non-hydrogen) atoms. The van der Waals surface area contributed by atoms with Crippen molar-refractivity contribution in [2.24, 2.45) is 0 Å². The molecule has 1 aromatic heterocycles. The third-order valence-corrected chi connectivity index (χ3v) is 4.99. The van der Waals surface area contributed by atoms with Crippen LogP contribution >= 0.6 is 0 Å². The van der Waals surface area contributed by atoms with E-state index in [1.165, 1.54) is 31.4 Å². The van der Waals surface area contributed by atoms with E-state index in [1.54, 1.807) is 18.5 Å². The molecule has 7 heteroatoms. The van der Waals surface area contributed by atoms with E-state index >= 15 is 0 Å². The van der Waals surface area contributed by atoms with Gasteiger partial charge in [0.25, 0.3) is 0 Å². The molecule has 0 spiro atoms. The third-order valence-electron chi connectivity index (χ3n) is 4.99. The van der Waals surface area contributed by atoms with Gasteiger partial charge in [-0.05, 0) is 44.6 Å². The molecule has 1 atom stereocenters. The summed E-state index contributed by atoms with van der Waals surface area (Å²) in [6.07, 6.45) is 7.77. The van der Waals surface area contributed by atoms with E-state index in [-0.39, 0.29) is 11.7 Å². The van der Waals surface area contributed by atoms with E-state index in [1.807, 2.05) is 19.0 Å². The summed E-state index contributed by atoms with van der Waals surface area (Å²) in [5, 5.41) is 11.2. The molecule has 1 aliphatic carbocycles. The Morgan fingerprint density at radius 3 is 2.62 bits per heavy atom. The first-order chi connectivity index (χ1) is 12.6. The Hall–Kier alpha value is -2.28. The van der Waals surface area contributed by atoms with Crippen molar-refractivity contribution in [1.29, 1.82) is 0 Å². The zero-order valence-electron chi connectivity index (χ0n) is 15.4. The van der Waals surface area contributed by atoms with Crippen LogP contribution in [0.5, 0.6) is 0 Å². The number of aromatic nitrogens is 3. The molecule has 1 saturated carbocycles. The van der Waals surface area contributed by atoms with Gasteiger partial charge in [0.2, 0.25) is 5.91 Å². The second kappa shape index (κ2) is 8.40. The number of likely N-dealkylation sites (N-methyl/N-ethyl adjacent to an activating group) is 1. The molecule has 2 aromatic rings. The fourth-order valence-corrected chi connectivity index (χ4v) is 3.65. The van der Waals surface area contributed by atoms with Gasteiger partial charge in [-0.2, -0.15) is 0 Å². The van der Waals surface area contributed by atoms with Crippen LogP contribution in [0.2, 0.25) is 0 Å². The molecule has 0 aliphatic heterocycles. The number of rotatable bonds is 6. The van der Waals surface area contributed by atoms with Gasteiger partial charge in [-0.1, -0.05) is 31.4 Å². The number of amides is 1. The largest absolute Gasteiger partial charge is 0.347 e. The summed E-state index contributed by atoms with van der Waals surface area (Å²) >= 11 is 0. The Kier molecular flexibility index (Phi) is 5.98. The van der Waals surface area contributed by atoms with Crippen molar-refractivity contribution >= 4 is 5.91 Å². The number of carbonyl (C=O) groups excluding carboxylic acids is 1. The lowest BCUT2D eigenvalue weighted by molar-refractivity contribution is -0.126. The van der Waals surface area contributed by atoms with Gasteiger partial charge in [-0.3, -0.25) is 9.69 Å². The van der Waals surface area contributed by atoms with Crippen LogP contribution in [-0.2, 0) is 11.3 Å². The number of benzene rings is 1. The van der Waals surface area contributed by atoms with Gasteiger partial charge in [0.05, 0.1) is 6.54 Å². The highest BCUT2D eigenvalue weighted by atomic mass is 19.1. The lowest BCUT2D eigenvalue weighted by atomic mass is 9.95. The molecule has 0 radical (unpaired) electrons. The summed E-state index contributed by atoms with van der Waals surface area (Å²) in [4.78, 5) is 14.6. The van der Waals surface area contributed by atoms with Crippen LogP contribution in [0.3, 0.4) is 0 Å². The highest BCUT2D eigenvalue weighted by Crippen LogP contribution is 2.28. The predicted molar refractivity (Wildman–Crippen MR) is 96.8 cm³/mol. The average Bonchev–Trinajstić information content (AvgIpc) is 3.11. The molecule has 3 rings (SSSR count). The molecule has 6 nitrogen and oxygen atoms in total. The van der Waals surface area contributed by atoms with Crippen LogP contribution in [0.15, 0.2) is 30.6 Å². The Labute approximate surface area is 153 Å². The van der Waals surface area contributed by atoms with E-state index in [9.17, 15) is 9.18 Å². The molecule has 140 valence electrons. The first-order valence-electron chi connectivity index (χ1n) is 9.14. The highest BCUT2D eigenvalue weighted by molar-refractivity contribution is 5.83. The van der Waals surface area contributed by atoms with Crippen molar-refractivity contribution in [3.05, 3.63) is 47.8 Å². The minimum absolute atomic E-state index is 0.139. The zero-order chi connectivity index (χ0) is 18.5. The second-order valence-corrected chi connectivity index (χ2v) is 7.08. The first kappa shape index (κ1) is 18.5. The first-order valence-corrected chi connectivity index (χ1v) is 9.14. The molecule has 1 N–H and O–H groups in total. The molecule has 1 heterocycles. The van der Waals surface area contributed by atoms with Crippen LogP contribution in [0.25, 0.3) is 0 Å². The Morgan fingerprint density at radius 2 is 1.96 bits per heavy atom. The van der Waals surface area contributed by atoms with Crippen molar-refractivity contribution in [2.75, 3.05) is 14.1 Å². The molecule has 0 saturated heterocycles. The predicted octanol–water partition coefficient (Wildman–Crippen LogP) is 2.84. The van der Waals surface area contributed by atoms with Gasteiger partial charge in [0.15, 0.2) is 5.82 Å². The van der Waals surface area contributed by atoms with Gasteiger partial charge in [0, 0.05) is 6.04 Å². The minimum Gasteiger partial charge on any atom is -0.347 e. The van der Waals surface area contributed by atoms with Crippen molar-refractivity contribution in [2.45, 2.75) is 50.7 Å². The van der Waals surface area contributed by atoms with Crippen molar-refractivity contribution in [1.82, 2.24) is 25.0 Å². The fraction of sp³-hybridized carbons (Fsp3) is 0.526. The number of hydrogen-bond donors (Lipinski definition) is 1. The van der Waals surface area contributed by atoms with Crippen LogP contribution < -0.4 is 5.32 Å². The second-order valence-electron chi connectivity index (χ2n) is 7.08. The molecule has 1 aliphatic rings. The molecule has 0 unspecified atom stereocenters. The number of carbonyl (C=O) groups is 1. The van der Waals surface area contributed by atoms with Gasteiger partial charge in [-0.25, -0.2) is 4.39 Å². The number of hydrogen-bond acceptors (Lipinski definition) is 4. The third kappa shape index (κ3) is 4.27. The summed E-state index contributed by atoms with van der Waals surface area (Å²) in [6, 6.07) is 5.97. The molecule has 1 aromatic carbocycles. The zero-order valence-corrected chi connectivity index (χ0v) is 15.4. The molecule has 1 fully saturated rings. The van der Waals surface area contributed by atoms with Gasteiger partial charge in [0.1, 0.15) is 18.2 Å². The maximum Gasteiger partial charge on any atom is 0.242 e. The van der Waals surface area contributed by atoms with E-state index in [0.29, 0.717) is 12.6 Å². The summed E-state index contributed by atoms with van der Waals surface area (Å²) in [5.74, 6) is 0.328. The number of nitrogens with one attached hydrogen (secondary N) is 1. The smallest absolute Gasteiger partial charge is 0.242 e. The summed E-state index contributed by atoms with van der Waals surface area (Å²) in [6.45, 7) is 0.334. The SMILES string of the molecule is CN(C)[C@@H](C(=O)NCc1nncn1C1CCCCC1)c1ccc(F)cc1. The normalized spacial score (nSPS) is 16.6. The molecular weight excluding hydrogens is 333 g/mol. The van der Waals surface area contributed by atoms with Crippen molar-refractivity contribution in [3.8, 4) is 0 Å². The monoisotopic (exact) mass is 359 g/mol. The molecule has 0 bridgehead atoms. The van der Waals surface area contributed by atoms with E-state index < -0.39 is 6.04 Å². The lowest BCUT2D eigenvalue weighted by Gasteiger charge is -2.25.